The maximum absolute atomic E-state index is 12.6. The first-order valence-corrected chi connectivity index (χ1v) is 6.70. The van der Waals surface area contributed by atoms with E-state index in [4.69, 9.17) is 0 Å². The monoisotopic (exact) mass is 269 g/mol. The molecule has 2 rings (SSSR count). The van der Waals surface area contributed by atoms with Crippen LogP contribution in [-0.4, -0.2) is 17.6 Å². The normalized spacial score (nSPS) is 10.3. The number of rotatable bonds is 3. The van der Waals surface area contributed by atoms with E-state index in [-0.39, 0.29) is 11.7 Å². The molecule has 0 atom stereocenters. The fourth-order valence-electron chi connectivity index (χ4n) is 2.36. The third-order valence-corrected chi connectivity index (χ3v) is 3.17. The lowest BCUT2D eigenvalue weighted by atomic mass is 10.1. The summed E-state index contributed by atoms with van der Waals surface area (Å²) in [6.45, 7) is 6.43. The number of nitrogens with zero attached hydrogens (tertiary/aromatic N) is 1. The fraction of sp³-hybridized carbons (Fsp3) is 0.235. The molecular weight excluding hydrogens is 250 g/mol. The molecule has 0 saturated heterocycles. The standard InChI is InChI=1S/C17H19NO2/c1-4-18(15-6-5-7-16(19)11-15)17(20)14-9-12(2)8-13(3)10-14/h5-11,19H,4H2,1-3H3. The van der Waals surface area contributed by atoms with E-state index < -0.39 is 0 Å². The molecule has 20 heavy (non-hydrogen) atoms. The SMILES string of the molecule is CCN(C(=O)c1cc(C)cc(C)c1)c1cccc(O)c1. The van der Waals surface area contributed by atoms with E-state index in [1.807, 2.05) is 45.0 Å². The van der Waals surface area contributed by atoms with Gasteiger partial charge < -0.3 is 10.0 Å². The Morgan fingerprint density at radius 2 is 1.75 bits per heavy atom. The summed E-state index contributed by atoms with van der Waals surface area (Å²) in [5, 5.41) is 9.56. The zero-order chi connectivity index (χ0) is 14.7. The molecule has 0 spiro atoms. The second-order valence-electron chi connectivity index (χ2n) is 4.95. The molecule has 0 aliphatic carbocycles. The molecule has 0 radical (unpaired) electrons. The molecule has 0 aliphatic heterocycles. The quantitative estimate of drug-likeness (QED) is 0.923. The van der Waals surface area contributed by atoms with Gasteiger partial charge in [-0.1, -0.05) is 23.3 Å². The van der Waals surface area contributed by atoms with E-state index in [2.05, 4.69) is 0 Å². The molecule has 0 saturated carbocycles. The second kappa shape index (κ2) is 5.78. The van der Waals surface area contributed by atoms with Crippen molar-refractivity contribution < 1.29 is 9.90 Å². The Kier molecular flexibility index (Phi) is 4.08. The molecular formula is C17H19NO2. The molecule has 1 N–H and O–H groups in total. The van der Waals surface area contributed by atoms with Crippen LogP contribution < -0.4 is 4.90 Å². The Morgan fingerprint density at radius 1 is 1.10 bits per heavy atom. The Balaban J connectivity index is 2.38. The number of carbonyl (C=O) groups is 1. The Hall–Kier alpha value is -2.29. The number of hydrogen-bond donors (Lipinski definition) is 1. The van der Waals surface area contributed by atoms with Crippen LogP contribution in [-0.2, 0) is 0 Å². The van der Waals surface area contributed by atoms with Crippen LogP contribution in [0.1, 0.15) is 28.4 Å². The topological polar surface area (TPSA) is 40.5 Å². The number of phenolic OH excluding ortho intramolecular Hbond substituents is 1. The van der Waals surface area contributed by atoms with Crippen molar-refractivity contribution in [3.05, 3.63) is 59.2 Å². The van der Waals surface area contributed by atoms with Crippen LogP contribution in [0.15, 0.2) is 42.5 Å². The summed E-state index contributed by atoms with van der Waals surface area (Å²) < 4.78 is 0. The lowest BCUT2D eigenvalue weighted by Crippen LogP contribution is -2.30. The first kappa shape index (κ1) is 14.1. The van der Waals surface area contributed by atoms with E-state index in [0.29, 0.717) is 17.8 Å². The molecule has 2 aromatic rings. The van der Waals surface area contributed by atoms with Crippen LogP contribution in [0.2, 0.25) is 0 Å². The third-order valence-electron chi connectivity index (χ3n) is 3.17. The second-order valence-corrected chi connectivity index (χ2v) is 4.95. The number of aryl methyl sites for hydroxylation is 2. The zero-order valence-electron chi connectivity index (χ0n) is 12.1. The van der Waals surface area contributed by atoms with Crippen LogP contribution in [0.5, 0.6) is 5.75 Å². The van der Waals surface area contributed by atoms with Gasteiger partial charge in [0.2, 0.25) is 0 Å². The molecule has 0 aliphatic rings. The predicted octanol–water partition coefficient (Wildman–Crippen LogP) is 3.68. The van der Waals surface area contributed by atoms with Gasteiger partial charge in [-0.05, 0) is 45.0 Å². The summed E-state index contributed by atoms with van der Waals surface area (Å²) in [5.74, 6) is 0.110. The maximum Gasteiger partial charge on any atom is 0.258 e. The van der Waals surface area contributed by atoms with E-state index in [9.17, 15) is 9.90 Å². The summed E-state index contributed by atoms with van der Waals surface area (Å²) in [4.78, 5) is 14.3. The highest BCUT2D eigenvalue weighted by Crippen LogP contribution is 2.22. The van der Waals surface area contributed by atoms with Crippen molar-refractivity contribution in [3.63, 3.8) is 0 Å². The van der Waals surface area contributed by atoms with Gasteiger partial charge in [0.15, 0.2) is 0 Å². The van der Waals surface area contributed by atoms with Gasteiger partial charge in [-0.15, -0.1) is 0 Å². The van der Waals surface area contributed by atoms with Gasteiger partial charge in [0.1, 0.15) is 5.75 Å². The van der Waals surface area contributed by atoms with Gasteiger partial charge in [0.05, 0.1) is 0 Å². The molecule has 0 unspecified atom stereocenters. The zero-order valence-corrected chi connectivity index (χ0v) is 12.1. The lowest BCUT2D eigenvalue weighted by Gasteiger charge is -2.21. The van der Waals surface area contributed by atoms with Gasteiger partial charge in [0.25, 0.3) is 5.91 Å². The van der Waals surface area contributed by atoms with Gasteiger partial charge in [0, 0.05) is 23.9 Å². The summed E-state index contributed by atoms with van der Waals surface area (Å²) in [5.41, 5.74) is 3.52. The molecule has 2 aromatic carbocycles. The van der Waals surface area contributed by atoms with Gasteiger partial charge in [-0.25, -0.2) is 0 Å². The Morgan fingerprint density at radius 3 is 2.30 bits per heavy atom. The van der Waals surface area contributed by atoms with Crippen molar-refractivity contribution in [1.29, 1.82) is 0 Å². The van der Waals surface area contributed by atoms with Gasteiger partial charge in [-0.2, -0.15) is 0 Å². The number of anilines is 1. The highest BCUT2D eigenvalue weighted by atomic mass is 16.3. The van der Waals surface area contributed by atoms with Crippen molar-refractivity contribution in [1.82, 2.24) is 0 Å². The average molecular weight is 269 g/mol. The predicted molar refractivity (Wildman–Crippen MR) is 81.4 cm³/mol. The number of amides is 1. The van der Waals surface area contributed by atoms with E-state index >= 15 is 0 Å². The minimum Gasteiger partial charge on any atom is -0.508 e. The van der Waals surface area contributed by atoms with Crippen molar-refractivity contribution in [3.8, 4) is 5.75 Å². The summed E-state index contributed by atoms with van der Waals surface area (Å²) in [7, 11) is 0. The van der Waals surface area contributed by atoms with Crippen LogP contribution in [0.4, 0.5) is 5.69 Å². The van der Waals surface area contributed by atoms with Crippen LogP contribution in [0.3, 0.4) is 0 Å². The largest absolute Gasteiger partial charge is 0.508 e. The van der Waals surface area contributed by atoms with Crippen LogP contribution in [0.25, 0.3) is 0 Å². The number of aromatic hydroxyl groups is 1. The molecule has 3 heteroatoms. The van der Waals surface area contributed by atoms with Crippen LogP contribution in [0, 0.1) is 13.8 Å². The van der Waals surface area contributed by atoms with Gasteiger partial charge in [-0.3, -0.25) is 4.79 Å². The van der Waals surface area contributed by atoms with E-state index in [1.165, 1.54) is 0 Å². The summed E-state index contributed by atoms with van der Waals surface area (Å²) in [6, 6.07) is 12.6. The lowest BCUT2D eigenvalue weighted by molar-refractivity contribution is 0.0988. The third kappa shape index (κ3) is 2.99. The summed E-state index contributed by atoms with van der Waals surface area (Å²) >= 11 is 0. The molecule has 0 bridgehead atoms. The average Bonchev–Trinajstić information content (AvgIpc) is 2.38. The van der Waals surface area contributed by atoms with Crippen LogP contribution >= 0.6 is 0 Å². The minimum atomic E-state index is -0.0510. The van der Waals surface area contributed by atoms with E-state index in [1.54, 1.807) is 23.1 Å². The van der Waals surface area contributed by atoms with E-state index in [0.717, 1.165) is 11.1 Å². The number of carbonyl (C=O) groups excluding carboxylic acids is 1. The molecule has 1 amide bonds. The van der Waals surface area contributed by atoms with Gasteiger partial charge >= 0.3 is 0 Å². The summed E-state index contributed by atoms with van der Waals surface area (Å²) in [6.07, 6.45) is 0. The van der Waals surface area contributed by atoms with Crippen molar-refractivity contribution in [2.24, 2.45) is 0 Å². The number of hydrogen-bond acceptors (Lipinski definition) is 2. The van der Waals surface area contributed by atoms with Crippen molar-refractivity contribution in [2.75, 3.05) is 11.4 Å². The minimum absolute atomic E-state index is 0.0510. The van der Waals surface area contributed by atoms with Crippen molar-refractivity contribution >= 4 is 11.6 Å². The molecule has 0 aromatic heterocycles. The maximum atomic E-state index is 12.6. The first-order valence-electron chi connectivity index (χ1n) is 6.70. The number of benzene rings is 2. The fourth-order valence-corrected chi connectivity index (χ4v) is 2.36. The first-order chi connectivity index (χ1) is 9.51. The van der Waals surface area contributed by atoms with Crippen molar-refractivity contribution in [2.45, 2.75) is 20.8 Å². The smallest absolute Gasteiger partial charge is 0.258 e. The Labute approximate surface area is 119 Å². The molecule has 0 heterocycles. The molecule has 0 fully saturated rings. The molecule has 3 nitrogen and oxygen atoms in total. The molecule has 104 valence electrons. The highest BCUT2D eigenvalue weighted by molar-refractivity contribution is 6.06. The Bertz CT molecular complexity index is 614. The number of phenols is 1. The highest BCUT2D eigenvalue weighted by Gasteiger charge is 2.16.